The van der Waals surface area contributed by atoms with Crippen LogP contribution < -0.4 is 16.6 Å². The van der Waals surface area contributed by atoms with E-state index in [1.807, 2.05) is 62.4 Å². The summed E-state index contributed by atoms with van der Waals surface area (Å²) < 4.78 is 1.70. The molecule has 0 amide bonds. The van der Waals surface area contributed by atoms with Gasteiger partial charge in [0.1, 0.15) is 18.0 Å². The number of nitrogen functional groups attached to an aromatic ring is 1. The van der Waals surface area contributed by atoms with E-state index < -0.39 is 5.97 Å². The minimum atomic E-state index is -1.10. The van der Waals surface area contributed by atoms with E-state index in [1.165, 1.54) is 18.5 Å². The molecule has 0 saturated heterocycles. The van der Waals surface area contributed by atoms with Crippen molar-refractivity contribution in [2.45, 2.75) is 20.4 Å². The van der Waals surface area contributed by atoms with Crippen LogP contribution >= 0.6 is 0 Å². The molecule has 0 aliphatic carbocycles. The molecule has 0 saturated carbocycles. The highest BCUT2D eigenvalue weighted by Crippen LogP contribution is 2.25. The summed E-state index contributed by atoms with van der Waals surface area (Å²) in [7, 11) is 0. The highest BCUT2D eigenvalue weighted by molar-refractivity contribution is 6.16. The van der Waals surface area contributed by atoms with Crippen molar-refractivity contribution in [3.63, 3.8) is 0 Å². The number of nitrogens with zero attached hydrogens (tertiary/aromatic N) is 3. The lowest BCUT2D eigenvalue weighted by molar-refractivity contribution is 0.0697. The molecule has 5 aromatic rings. The fourth-order valence-electron chi connectivity index (χ4n) is 4.70. The van der Waals surface area contributed by atoms with Gasteiger partial charge in [0.2, 0.25) is 0 Å². The molecule has 5 rings (SSSR count). The molecular weight excluding hydrogens is 492 g/mol. The van der Waals surface area contributed by atoms with Gasteiger partial charge in [0.15, 0.2) is 0 Å². The molecule has 9 heteroatoms. The van der Waals surface area contributed by atoms with Crippen LogP contribution in [0.2, 0.25) is 0 Å². The molecule has 0 unspecified atom stereocenters. The fraction of sp³-hybridized carbons (Fsp3) is 0.100. The Hall–Kier alpha value is -5.31. The van der Waals surface area contributed by atoms with Gasteiger partial charge >= 0.3 is 5.97 Å². The average molecular weight is 519 g/mol. The standard InChI is InChI=1S/C30H26N6O3/c1-17-7-3-4-12-23(17)36-22(14-19-9-5-8-18(2)24(19)29(36)37)15-33-28-25(27(32)34-16-35-28)26(31)20-10-6-11-21(13-20)30(38)39/h3-14,16,31H,15H2,1-2H3,(H,38,39)(H3,32,33,34,35). The van der Waals surface area contributed by atoms with Gasteiger partial charge in [0, 0.05) is 11.3 Å². The van der Waals surface area contributed by atoms with E-state index in [-0.39, 0.29) is 34.8 Å². The van der Waals surface area contributed by atoms with E-state index in [4.69, 9.17) is 11.1 Å². The maximum absolute atomic E-state index is 13.8. The van der Waals surface area contributed by atoms with Crippen molar-refractivity contribution in [2.75, 3.05) is 11.1 Å². The van der Waals surface area contributed by atoms with E-state index in [0.717, 1.165) is 22.2 Å². The van der Waals surface area contributed by atoms with Gasteiger partial charge in [-0.3, -0.25) is 14.8 Å². The number of hydrogen-bond acceptors (Lipinski definition) is 7. The Morgan fingerprint density at radius 2 is 1.69 bits per heavy atom. The highest BCUT2D eigenvalue weighted by Gasteiger charge is 2.19. The first-order valence-electron chi connectivity index (χ1n) is 12.2. The van der Waals surface area contributed by atoms with Crippen LogP contribution in [-0.4, -0.2) is 31.3 Å². The molecule has 2 aromatic heterocycles. The number of carbonyl (C=O) groups is 1. The molecule has 9 nitrogen and oxygen atoms in total. The van der Waals surface area contributed by atoms with Crippen LogP contribution in [0, 0.1) is 19.3 Å². The Balaban J connectivity index is 1.60. The largest absolute Gasteiger partial charge is 0.478 e. The van der Waals surface area contributed by atoms with E-state index in [9.17, 15) is 14.7 Å². The molecule has 39 heavy (non-hydrogen) atoms. The van der Waals surface area contributed by atoms with E-state index in [2.05, 4.69) is 15.3 Å². The van der Waals surface area contributed by atoms with Crippen LogP contribution in [0.3, 0.4) is 0 Å². The van der Waals surface area contributed by atoms with Gasteiger partial charge in [0.05, 0.1) is 34.5 Å². The molecule has 0 spiro atoms. The summed E-state index contributed by atoms with van der Waals surface area (Å²) in [6.45, 7) is 4.07. The Labute approximate surface area is 224 Å². The zero-order valence-electron chi connectivity index (χ0n) is 21.4. The summed E-state index contributed by atoms with van der Waals surface area (Å²) in [6, 6.07) is 21.5. The SMILES string of the molecule is Cc1ccccc1-n1c(CNc2ncnc(N)c2C(=N)c2cccc(C(=O)O)c2)cc2cccc(C)c2c1=O. The van der Waals surface area contributed by atoms with E-state index in [0.29, 0.717) is 22.5 Å². The fourth-order valence-corrected chi connectivity index (χ4v) is 4.70. The number of nitrogens with two attached hydrogens (primary N) is 1. The number of aromatic carboxylic acids is 1. The number of rotatable bonds is 7. The quantitative estimate of drug-likeness (QED) is 0.228. The van der Waals surface area contributed by atoms with Gasteiger partial charge in [-0.2, -0.15) is 0 Å². The normalized spacial score (nSPS) is 10.9. The summed E-state index contributed by atoms with van der Waals surface area (Å²) in [5.74, 6) is -0.731. The number of para-hydroxylation sites is 1. The third kappa shape index (κ3) is 4.73. The van der Waals surface area contributed by atoms with Crippen molar-refractivity contribution in [1.82, 2.24) is 14.5 Å². The van der Waals surface area contributed by atoms with Gasteiger partial charge in [-0.15, -0.1) is 0 Å². The summed E-state index contributed by atoms with van der Waals surface area (Å²) in [5, 5.41) is 22.9. The molecule has 2 heterocycles. The predicted molar refractivity (Wildman–Crippen MR) is 152 cm³/mol. The second-order valence-corrected chi connectivity index (χ2v) is 9.20. The van der Waals surface area contributed by atoms with Gasteiger partial charge < -0.3 is 16.2 Å². The first-order chi connectivity index (χ1) is 18.8. The van der Waals surface area contributed by atoms with Crippen LogP contribution in [0.5, 0.6) is 0 Å². The van der Waals surface area contributed by atoms with Crippen LogP contribution in [0.4, 0.5) is 11.6 Å². The molecule has 5 N–H and O–H groups in total. The number of aromatic nitrogens is 3. The molecule has 0 atom stereocenters. The summed E-state index contributed by atoms with van der Waals surface area (Å²) in [6.07, 6.45) is 1.29. The van der Waals surface area contributed by atoms with Crippen molar-refractivity contribution in [2.24, 2.45) is 0 Å². The number of nitrogens with one attached hydrogen (secondary N) is 2. The highest BCUT2D eigenvalue weighted by atomic mass is 16.4. The predicted octanol–water partition coefficient (Wildman–Crippen LogP) is 4.71. The number of carboxylic acids is 1. The van der Waals surface area contributed by atoms with Gasteiger partial charge in [-0.1, -0.05) is 48.5 Å². The number of anilines is 2. The van der Waals surface area contributed by atoms with Crippen LogP contribution in [0.1, 0.15) is 38.3 Å². The zero-order chi connectivity index (χ0) is 27.7. The van der Waals surface area contributed by atoms with Gasteiger partial charge in [-0.05, 0) is 54.6 Å². The van der Waals surface area contributed by atoms with Crippen LogP contribution in [0.15, 0.2) is 83.9 Å². The Morgan fingerprint density at radius 3 is 2.46 bits per heavy atom. The number of carboxylic acid groups (broad SMARTS) is 1. The van der Waals surface area contributed by atoms with Crippen LogP contribution in [-0.2, 0) is 6.54 Å². The average Bonchev–Trinajstić information content (AvgIpc) is 2.92. The van der Waals surface area contributed by atoms with Gasteiger partial charge in [-0.25, -0.2) is 14.8 Å². The number of hydrogen-bond donors (Lipinski definition) is 4. The zero-order valence-corrected chi connectivity index (χ0v) is 21.4. The topological polar surface area (TPSA) is 147 Å². The van der Waals surface area contributed by atoms with Gasteiger partial charge in [0.25, 0.3) is 5.56 Å². The second-order valence-electron chi connectivity index (χ2n) is 9.20. The third-order valence-corrected chi connectivity index (χ3v) is 6.65. The molecular formula is C30H26N6O3. The summed E-state index contributed by atoms with van der Waals surface area (Å²) >= 11 is 0. The third-order valence-electron chi connectivity index (χ3n) is 6.65. The smallest absolute Gasteiger partial charge is 0.335 e. The minimum absolute atomic E-state index is 0.0240. The Kier molecular flexibility index (Phi) is 6.64. The Morgan fingerprint density at radius 1 is 0.974 bits per heavy atom. The number of aryl methyl sites for hydroxylation is 2. The maximum atomic E-state index is 13.8. The summed E-state index contributed by atoms with van der Waals surface area (Å²) in [5.41, 5.74) is 9.97. The van der Waals surface area contributed by atoms with Crippen molar-refractivity contribution >= 4 is 34.1 Å². The lowest BCUT2D eigenvalue weighted by Gasteiger charge is -2.19. The first-order valence-corrected chi connectivity index (χ1v) is 12.2. The molecule has 194 valence electrons. The lowest BCUT2D eigenvalue weighted by Crippen LogP contribution is -2.25. The second kappa shape index (κ2) is 10.2. The maximum Gasteiger partial charge on any atom is 0.335 e. The van der Waals surface area contributed by atoms with E-state index in [1.54, 1.807) is 16.7 Å². The molecule has 0 bridgehead atoms. The monoisotopic (exact) mass is 518 g/mol. The van der Waals surface area contributed by atoms with Crippen molar-refractivity contribution < 1.29 is 9.90 Å². The lowest BCUT2D eigenvalue weighted by atomic mass is 10.0. The number of fused-ring (bicyclic) bond motifs is 1. The number of pyridine rings is 1. The molecule has 0 fully saturated rings. The number of benzene rings is 3. The van der Waals surface area contributed by atoms with Crippen LogP contribution in [0.25, 0.3) is 16.5 Å². The molecule has 0 aliphatic rings. The molecule has 3 aromatic carbocycles. The van der Waals surface area contributed by atoms with E-state index >= 15 is 0 Å². The molecule has 0 aliphatic heterocycles. The van der Waals surface area contributed by atoms with Crippen molar-refractivity contribution in [3.8, 4) is 5.69 Å². The first kappa shape index (κ1) is 25.3. The minimum Gasteiger partial charge on any atom is -0.478 e. The van der Waals surface area contributed by atoms with Crippen molar-refractivity contribution in [1.29, 1.82) is 5.41 Å². The van der Waals surface area contributed by atoms with Crippen molar-refractivity contribution in [3.05, 3.63) is 123 Å². The molecule has 0 radical (unpaired) electrons. The Bertz CT molecular complexity index is 1830. The summed E-state index contributed by atoms with van der Waals surface area (Å²) in [4.78, 5) is 33.7.